The highest BCUT2D eigenvalue weighted by Crippen LogP contribution is 2.06. The molecule has 15 heavy (non-hydrogen) atoms. The molecule has 82 valence electrons. The minimum absolute atomic E-state index is 0.875. The molecule has 0 amide bonds. The molecule has 1 saturated heterocycles. The summed E-state index contributed by atoms with van der Waals surface area (Å²) in [6, 6.07) is 3.96. The van der Waals surface area contributed by atoms with Crippen molar-refractivity contribution in [3.8, 4) is 0 Å². The van der Waals surface area contributed by atoms with Crippen LogP contribution < -0.4 is 5.32 Å². The minimum atomic E-state index is 0.875. The van der Waals surface area contributed by atoms with Gasteiger partial charge in [-0.25, -0.2) is 0 Å². The lowest BCUT2D eigenvalue weighted by Gasteiger charge is -2.14. The maximum Gasteiger partial charge on any atom is 0.148 e. The summed E-state index contributed by atoms with van der Waals surface area (Å²) < 4.78 is 0. The van der Waals surface area contributed by atoms with Crippen LogP contribution >= 0.6 is 0 Å². The summed E-state index contributed by atoms with van der Waals surface area (Å²) in [5, 5.41) is 11.3. The topological polar surface area (TPSA) is 41.0 Å². The highest BCUT2D eigenvalue weighted by molar-refractivity contribution is 5.32. The van der Waals surface area contributed by atoms with Crippen molar-refractivity contribution in [3.05, 3.63) is 17.8 Å². The Morgan fingerprint density at radius 1 is 1.27 bits per heavy atom. The van der Waals surface area contributed by atoms with Gasteiger partial charge in [-0.1, -0.05) is 0 Å². The summed E-state index contributed by atoms with van der Waals surface area (Å²) in [5.74, 6) is 0.875. The highest BCUT2D eigenvalue weighted by Gasteiger charge is 2.10. The number of likely N-dealkylation sites (tertiary alicyclic amines) is 1. The number of nitrogens with one attached hydrogen (secondary N) is 1. The monoisotopic (exact) mass is 206 g/mol. The second kappa shape index (κ2) is 5.07. The molecule has 4 heteroatoms. The first kappa shape index (κ1) is 10.4. The van der Waals surface area contributed by atoms with Crippen molar-refractivity contribution in [2.75, 3.05) is 31.5 Å². The summed E-state index contributed by atoms with van der Waals surface area (Å²) in [4.78, 5) is 2.48. The first-order chi connectivity index (χ1) is 7.34. The van der Waals surface area contributed by atoms with Gasteiger partial charge >= 0.3 is 0 Å². The van der Waals surface area contributed by atoms with Crippen LogP contribution in [-0.4, -0.2) is 41.3 Å². The van der Waals surface area contributed by atoms with E-state index in [9.17, 15) is 0 Å². The Kier molecular flexibility index (Phi) is 3.50. The van der Waals surface area contributed by atoms with Crippen molar-refractivity contribution in [3.63, 3.8) is 0 Å². The van der Waals surface area contributed by atoms with Gasteiger partial charge in [0.05, 0.1) is 5.69 Å². The Labute approximate surface area is 90.7 Å². The lowest BCUT2D eigenvalue weighted by molar-refractivity contribution is 0.352. The molecular weight excluding hydrogens is 188 g/mol. The SMILES string of the molecule is Cc1ccc(NCCN2CCCC2)nn1. The molecule has 1 N–H and O–H groups in total. The average Bonchev–Trinajstić information content (AvgIpc) is 2.74. The predicted molar refractivity (Wildman–Crippen MR) is 60.9 cm³/mol. The van der Waals surface area contributed by atoms with Crippen LogP contribution in [0.15, 0.2) is 12.1 Å². The highest BCUT2D eigenvalue weighted by atomic mass is 15.2. The van der Waals surface area contributed by atoms with Crippen LogP contribution in [0, 0.1) is 6.92 Å². The number of rotatable bonds is 4. The third-order valence-corrected chi connectivity index (χ3v) is 2.73. The standard InChI is InChI=1S/C11H18N4/c1-10-4-5-11(14-13-10)12-6-9-15-7-2-3-8-15/h4-5H,2-3,6-9H2,1H3,(H,12,14). The summed E-state index contributed by atoms with van der Waals surface area (Å²) in [5.41, 5.74) is 0.958. The molecule has 0 radical (unpaired) electrons. The van der Waals surface area contributed by atoms with E-state index in [2.05, 4.69) is 20.4 Å². The molecule has 1 aromatic heterocycles. The van der Waals surface area contributed by atoms with Crippen LogP contribution in [0.2, 0.25) is 0 Å². The molecule has 1 aliphatic heterocycles. The Morgan fingerprint density at radius 2 is 2.07 bits per heavy atom. The van der Waals surface area contributed by atoms with Crippen LogP contribution in [0.25, 0.3) is 0 Å². The van der Waals surface area contributed by atoms with E-state index in [1.807, 2.05) is 19.1 Å². The Balaban J connectivity index is 1.71. The average molecular weight is 206 g/mol. The largest absolute Gasteiger partial charge is 0.367 e. The van der Waals surface area contributed by atoms with Crippen molar-refractivity contribution in [2.45, 2.75) is 19.8 Å². The van der Waals surface area contributed by atoms with E-state index in [1.165, 1.54) is 25.9 Å². The summed E-state index contributed by atoms with van der Waals surface area (Å²) >= 11 is 0. The molecule has 0 atom stereocenters. The van der Waals surface area contributed by atoms with Crippen LogP contribution in [0.1, 0.15) is 18.5 Å². The molecule has 0 bridgehead atoms. The number of hydrogen-bond donors (Lipinski definition) is 1. The fourth-order valence-electron chi connectivity index (χ4n) is 1.84. The van der Waals surface area contributed by atoms with Crippen LogP contribution in [0.3, 0.4) is 0 Å². The number of nitrogens with zero attached hydrogens (tertiary/aromatic N) is 3. The second-order valence-electron chi connectivity index (χ2n) is 4.04. The molecule has 0 aromatic carbocycles. The molecule has 0 aliphatic carbocycles. The van der Waals surface area contributed by atoms with E-state index < -0.39 is 0 Å². The third kappa shape index (κ3) is 3.16. The number of hydrogen-bond acceptors (Lipinski definition) is 4. The quantitative estimate of drug-likeness (QED) is 0.806. The van der Waals surface area contributed by atoms with Crippen LogP contribution in [0.4, 0.5) is 5.82 Å². The summed E-state index contributed by atoms with van der Waals surface area (Å²) in [7, 11) is 0. The van der Waals surface area contributed by atoms with Gasteiger partial charge in [0.2, 0.25) is 0 Å². The molecule has 1 fully saturated rings. The summed E-state index contributed by atoms with van der Waals surface area (Å²) in [6.45, 7) is 6.51. The van der Waals surface area contributed by atoms with Crippen LogP contribution in [-0.2, 0) is 0 Å². The van der Waals surface area contributed by atoms with Crippen LogP contribution in [0.5, 0.6) is 0 Å². The smallest absolute Gasteiger partial charge is 0.148 e. The molecule has 0 saturated carbocycles. The van der Waals surface area contributed by atoms with Gasteiger partial charge in [-0.15, -0.1) is 5.10 Å². The minimum Gasteiger partial charge on any atom is -0.367 e. The zero-order chi connectivity index (χ0) is 10.5. The van der Waals surface area contributed by atoms with E-state index in [0.29, 0.717) is 0 Å². The van der Waals surface area contributed by atoms with Crippen molar-refractivity contribution < 1.29 is 0 Å². The molecule has 1 aliphatic rings. The van der Waals surface area contributed by atoms with Gasteiger partial charge in [-0.3, -0.25) is 0 Å². The van der Waals surface area contributed by atoms with Gasteiger partial charge in [0.15, 0.2) is 0 Å². The maximum atomic E-state index is 4.06. The van der Waals surface area contributed by atoms with Crippen molar-refractivity contribution in [1.29, 1.82) is 0 Å². The van der Waals surface area contributed by atoms with Gasteiger partial charge in [0.1, 0.15) is 5.82 Å². The maximum absolute atomic E-state index is 4.06. The first-order valence-electron chi connectivity index (χ1n) is 5.61. The normalized spacial score (nSPS) is 16.9. The van der Waals surface area contributed by atoms with Gasteiger partial charge in [-0.2, -0.15) is 5.10 Å². The molecule has 2 heterocycles. The zero-order valence-corrected chi connectivity index (χ0v) is 9.24. The Hall–Kier alpha value is -1.16. The summed E-state index contributed by atoms with van der Waals surface area (Å²) in [6.07, 6.45) is 2.70. The van der Waals surface area contributed by atoms with Gasteiger partial charge in [0, 0.05) is 13.1 Å². The number of aryl methyl sites for hydroxylation is 1. The van der Waals surface area contributed by atoms with E-state index in [4.69, 9.17) is 0 Å². The molecular formula is C11H18N4. The van der Waals surface area contributed by atoms with Crippen molar-refractivity contribution in [2.24, 2.45) is 0 Å². The zero-order valence-electron chi connectivity index (χ0n) is 9.24. The van der Waals surface area contributed by atoms with Gasteiger partial charge in [-0.05, 0) is 45.0 Å². The molecule has 1 aromatic rings. The Bertz CT molecular complexity index is 290. The fourth-order valence-corrected chi connectivity index (χ4v) is 1.84. The van der Waals surface area contributed by atoms with Crippen molar-refractivity contribution >= 4 is 5.82 Å². The lowest BCUT2D eigenvalue weighted by Crippen LogP contribution is -2.26. The lowest BCUT2D eigenvalue weighted by atomic mass is 10.4. The van der Waals surface area contributed by atoms with E-state index in [-0.39, 0.29) is 0 Å². The Morgan fingerprint density at radius 3 is 2.73 bits per heavy atom. The molecule has 4 nitrogen and oxygen atoms in total. The van der Waals surface area contributed by atoms with Crippen molar-refractivity contribution in [1.82, 2.24) is 15.1 Å². The first-order valence-corrected chi connectivity index (χ1v) is 5.61. The van der Waals surface area contributed by atoms with Gasteiger partial charge < -0.3 is 10.2 Å². The number of aromatic nitrogens is 2. The molecule has 0 spiro atoms. The van der Waals surface area contributed by atoms with E-state index >= 15 is 0 Å². The molecule has 0 unspecified atom stereocenters. The van der Waals surface area contributed by atoms with Gasteiger partial charge in [0.25, 0.3) is 0 Å². The molecule has 2 rings (SSSR count). The third-order valence-electron chi connectivity index (χ3n) is 2.73. The van der Waals surface area contributed by atoms with E-state index in [1.54, 1.807) is 0 Å². The predicted octanol–water partition coefficient (Wildman–Crippen LogP) is 1.29. The second-order valence-corrected chi connectivity index (χ2v) is 4.04. The fraction of sp³-hybridized carbons (Fsp3) is 0.636. The van der Waals surface area contributed by atoms with E-state index in [0.717, 1.165) is 24.6 Å². The number of anilines is 1.